The third kappa shape index (κ3) is 2.63. The largest absolute Gasteiger partial charge is 0.362 e. The molecule has 0 aromatic carbocycles. The van der Waals surface area contributed by atoms with E-state index in [9.17, 15) is 0 Å². The zero-order valence-corrected chi connectivity index (χ0v) is 11.0. The first-order valence-corrected chi connectivity index (χ1v) is 5.50. The summed E-state index contributed by atoms with van der Waals surface area (Å²) in [6, 6.07) is 0. The Balaban J connectivity index is 0.000000791. The first kappa shape index (κ1) is 13.3. The Bertz CT molecular complexity index is 287. The molecular formula is C13H25N. The minimum atomic E-state index is 0.263. The molecule has 1 rings (SSSR count). The van der Waals surface area contributed by atoms with Crippen molar-refractivity contribution in [3.63, 3.8) is 0 Å². The van der Waals surface area contributed by atoms with Crippen LogP contribution in [0.1, 0.15) is 57.1 Å². The monoisotopic (exact) mass is 195 g/mol. The maximum atomic E-state index is 3.38. The number of aromatic amines is 1. The van der Waals surface area contributed by atoms with E-state index in [1.165, 1.54) is 22.5 Å². The Labute approximate surface area is 88.9 Å². The highest BCUT2D eigenvalue weighted by Crippen LogP contribution is 2.30. The predicted octanol–water partition coefficient (Wildman–Crippen LogP) is 4.26. The summed E-state index contributed by atoms with van der Waals surface area (Å²) in [5.74, 6) is 0. The second-order valence-corrected chi connectivity index (χ2v) is 4.62. The topological polar surface area (TPSA) is 15.8 Å². The highest BCUT2D eigenvalue weighted by Gasteiger charge is 2.21. The maximum Gasteiger partial charge on any atom is 0.0158 e. The Hall–Kier alpha value is -0.720. The molecule has 82 valence electrons. The third-order valence-electron chi connectivity index (χ3n) is 2.44. The number of hydrogen-bond donors (Lipinski definition) is 1. The molecule has 14 heavy (non-hydrogen) atoms. The number of hydrogen-bond acceptors (Lipinski definition) is 0. The van der Waals surface area contributed by atoms with Crippen molar-refractivity contribution < 1.29 is 0 Å². The molecule has 1 heterocycles. The Morgan fingerprint density at radius 3 is 1.43 bits per heavy atom. The normalized spacial score (nSPS) is 10.9. The minimum absolute atomic E-state index is 0.263. The van der Waals surface area contributed by atoms with Crippen LogP contribution in [-0.2, 0) is 5.41 Å². The quantitative estimate of drug-likeness (QED) is 0.636. The first-order valence-electron chi connectivity index (χ1n) is 5.50. The minimum Gasteiger partial charge on any atom is -0.362 e. The molecule has 0 atom stereocenters. The van der Waals surface area contributed by atoms with Crippen molar-refractivity contribution in [1.29, 1.82) is 0 Å². The maximum absolute atomic E-state index is 3.38. The van der Waals surface area contributed by atoms with Gasteiger partial charge >= 0.3 is 0 Å². The second kappa shape index (κ2) is 4.68. The molecule has 0 radical (unpaired) electrons. The fourth-order valence-corrected chi connectivity index (χ4v) is 2.03. The van der Waals surface area contributed by atoms with Crippen LogP contribution in [0.15, 0.2) is 0 Å². The van der Waals surface area contributed by atoms with Crippen molar-refractivity contribution in [2.24, 2.45) is 0 Å². The summed E-state index contributed by atoms with van der Waals surface area (Å²) in [6.45, 7) is 17.3. The second-order valence-electron chi connectivity index (χ2n) is 4.62. The third-order valence-corrected chi connectivity index (χ3v) is 2.44. The van der Waals surface area contributed by atoms with Crippen LogP contribution in [0.3, 0.4) is 0 Å². The van der Waals surface area contributed by atoms with Gasteiger partial charge in [-0.15, -0.1) is 0 Å². The van der Waals surface area contributed by atoms with Crippen molar-refractivity contribution in [3.8, 4) is 0 Å². The lowest BCUT2D eigenvalue weighted by Gasteiger charge is -2.20. The number of aromatic nitrogens is 1. The lowest BCUT2D eigenvalue weighted by molar-refractivity contribution is 0.583. The predicted molar refractivity (Wildman–Crippen MR) is 65.1 cm³/mol. The molecule has 0 aliphatic rings. The number of H-pyrrole nitrogens is 1. The van der Waals surface area contributed by atoms with Crippen molar-refractivity contribution in [1.82, 2.24) is 4.98 Å². The van der Waals surface area contributed by atoms with Gasteiger partial charge in [-0.2, -0.15) is 0 Å². The van der Waals surface area contributed by atoms with Crippen LogP contribution in [0.5, 0.6) is 0 Å². The average molecular weight is 195 g/mol. The van der Waals surface area contributed by atoms with E-state index in [0.717, 1.165) is 0 Å². The zero-order chi connectivity index (χ0) is 11.5. The molecule has 1 aromatic heterocycles. The molecule has 1 N–H and O–H groups in total. The van der Waals surface area contributed by atoms with Crippen LogP contribution in [0.25, 0.3) is 0 Å². The summed E-state index contributed by atoms with van der Waals surface area (Å²) < 4.78 is 0. The van der Waals surface area contributed by atoms with Crippen LogP contribution in [-0.4, -0.2) is 4.98 Å². The zero-order valence-electron chi connectivity index (χ0n) is 11.0. The van der Waals surface area contributed by atoms with E-state index in [0.29, 0.717) is 0 Å². The van der Waals surface area contributed by atoms with Gasteiger partial charge in [0.25, 0.3) is 0 Å². The Morgan fingerprint density at radius 1 is 0.857 bits per heavy atom. The van der Waals surface area contributed by atoms with Crippen LogP contribution >= 0.6 is 0 Å². The van der Waals surface area contributed by atoms with Gasteiger partial charge in [0, 0.05) is 11.4 Å². The summed E-state index contributed by atoms with van der Waals surface area (Å²) in [5, 5.41) is 0. The molecule has 0 aliphatic carbocycles. The number of nitrogens with one attached hydrogen (secondary N) is 1. The molecule has 0 saturated heterocycles. The summed E-state index contributed by atoms with van der Waals surface area (Å²) in [7, 11) is 0. The molecule has 0 aliphatic heterocycles. The molecule has 0 saturated carbocycles. The standard InChI is InChI=1S/C11H19N.C2H6/c1-7-8(2)12-9(3)10(7)11(4,5)6;1-2/h12H,1-6H3;1-2H3. The molecule has 0 bridgehead atoms. The molecular weight excluding hydrogens is 170 g/mol. The van der Waals surface area contributed by atoms with Crippen LogP contribution in [0, 0.1) is 20.8 Å². The van der Waals surface area contributed by atoms with Crippen molar-refractivity contribution in [2.75, 3.05) is 0 Å². The summed E-state index contributed by atoms with van der Waals surface area (Å²) in [5.41, 5.74) is 5.77. The van der Waals surface area contributed by atoms with Gasteiger partial charge in [0.1, 0.15) is 0 Å². The van der Waals surface area contributed by atoms with E-state index in [1.54, 1.807) is 0 Å². The SMILES string of the molecule is CC.Cc1[nH]c(C)c(C(C)(C)C)c1C. The fourth-order valence-electron chi connectivity index (χ4n) is 2.03. The molecule has 1 nitrogen and oxygen atoms in total. The molecule has 0 spiro atoms. The van der Waals surface area contributed by atoms with Gasteiger partial charge < -0.3 is 4.98 Å². The van der Waals surface area contributed by atoms with Crippen LogP contribution in [0.4, 0.5) is 0 Å². The molecule has 0 amide bonds. The van der Waals surface area contributed by atoms with Crippen LogP contribution in [0.2, 0.25) is 0 Å². The number of aryl methyl sites for hydroxylation is 2. The van der Waals surface area contributed by atoms with Gasteiger partial charge in [0.2, 0.25) is 0 Å². The molecule has 0 unspecified atom stereocenters. The van der Waals surface area contributed by atoms with E-state index in [-0.39, 0.29) is 5.41 Å². The Kier molecular flexibility index (Phi) is 4.44. The Morgan fingerprint density at radius 2 is 1.29 bits per heavy atom. The van der Waals surface area contributed by atoms with Gasteiger partial charge in [-0.25, -0.2) is 0 Å². The van der Waals surface area contributed by atoms with Gasteiger partial charge in [-0.1, -0.05) is 34.6 Å². The summed E-state index contributed by atoms with van der Waals surface area (Å²) >= 11 is 0. The van der Waals surface area contributed by atoms with Crippen LogP contribution < -0.4 is 0 Å². The van der Waals surface area contributed by atoms with Crippen molar-refractivity contribution >= 4 is 0 Å². The van der Waals surface area contributed by atoms with E-state index in [2.05, 4.69) is 46.5 Å². The molecule has 1 heteroatoms. The smallest absolute Gasteiger partial charge is 0.0158 e. The molecule has 1 aromatic rings. The van der Waals surface area contributed by atoms with Gasteiger partial charge in [-0.3, -0.25) is 0 Å². The van der Waals surface area contributed by atoms with Gasteiger partial charge in [0.15, 0.2) is 0 Å². The lowest BCUT2D eigenvalue weighted by atomic mass is 9.84. The summed E-state index contributed by atoms with van der Waals surface area (Å²) in [4.78, 5) is 3.38. The van der Waals surface area contributed by atoms with E-state index in [4.69, 9.17) is 0 Å². The van der Waals surface area contributed by atoms with E-state index >= 15 is 0 Å². The highest BCUT2D eigenvalue weighted by atomic mass is 14.7. The van der Waals surface area contributed by atoms with E-state index < -0.39 is 0 Å². The summed E-state index contributed by atoms with van der Waals surface area (Å²) in [6.07, 6.45) is 0. The van der Waals surface area contributed by atoms with Gasteiger partial charge in [0.05, 0.1) is 0 Å². The number of rotatable bonds is 0. The molecule has 0 fully saturated rings. The lowest BCUT2D eigenvalue weighted by Crippen LogP contribution is -2.13. The van der Waals surface area contributed by atoms with Crippen molar-refractivity contribution in [2.45, 2.75) is 60.8 Å². The fraction of sp³-hybridized carbons (Fsp3) is 0.692. The van der Waals surface area contributed by atoms with E-state index in [1.807, 2.05) is 13.8 Å². The van der Waals surface area contributed by atoms with Gasteiger partial charge in [-0.05, 0) is 37.3 Å². The first-order chi connectivity index (χ1) is 6.34. The van der Waals surface area contributed by atoms with Crippen molar-refractivity contribution in [3.05, 3.63) is 22.5 Å². The highest BCUT2D eigenvalue weighted by molar-refractivity contribution is 5.39. The average Bonchev–Trinajstić information content (AvgIpc) is 2.29.